The molecule has 1 aliphatic heterocycles. The van der Waals surface area contributed by atoms with Crippen molar-refractivity contribution in [3.8, 4) is 0 Å². The summed E-state index contributed by atoms with van der Waals surface area (Å²) in [7, 11) is 0. The lowest BCUT2D eigenvalue weighted by molar-refractivity contribution is -0.134. The molecule has 1 unspecified atom stereocenters. The number of benzene rings is 1. The molecule has 0 saturated heterocycles. The topological polar surface area (TPSA) is 40.5 Å². The highest BCUT2D eigenvalue weighted by Gasteiger charge is 2.46. The van der Waals surface area contributed by atoms with E-state index >= 15 is 0 Å². The SMILES string of the molecule is CCCCN1C(=O)C(C)(O)c2c(Br)cccc21. The van der Waals surface area contributed by atoms with E-state index in [1.54, 1.807) is 11.8 Å². The highest BCUT2D eigenvalue weighted by Crippen LogP contribution is 2.43. The normalized spacial score (nSPS) is 23.1. The van der Waals surface area contributed by atoms with Gasteiger partial charge in [0, 0.05) is 16.6 Å². The maximum absolute atomic E-state index is 12.2. The van der Waals surface area contributed by atoms with Gasteiger partial charge in [0.15, 0.2) is 5.60 Å². The maximum atomic E-state index is 12.2. The van der Waals surface area contributed by atoms with Crippen LogP contribution in [0.25, 0.3) is 0 Å². The molecular formula is C13H16BrNO2. The number of fused-ring (bicyclic) bond motifs is 1. The fourth-order valence-corrected chi connectivity index (χ4v) is 2.98. The van der Waals surface area contributed by atoms with E-state index in [1.165, 1.54) is 0 Å². The average Bonchev–Trinajstić information content (AvgIpc) is 2.47. The van der Waals surface area contributed by atoms with Crippen molar-refractivity contribution in [1.82, 2.24) is 0 Å². The minimum Gasteiger partial charge on any atom is -0.375 e. The van der Waals surface area contributed by atoms with Gasteiger partial charge in [0.25, 0.3) is 5.91 Å². The second-order valence-electron chi connectivity index (χ2n) is 4.52. The quantitative estimate of drug-likeness (QED) is 0.932. The summed E-state index contributed by atoms with van der Waals surface area (Å²) in [4.78, 5) is 13.9. The molecule has 0 bridgehead atoms. The van der Waals surface area contributed by atoms with Crippen molar-refractivity contribution >= 4 is 27.5 Å². The van der Waals surface area contributed by atoms with Crippen molar-refractivity contribution in [2.24, 2.45) is 0 Å². The summed E-state index contributed by atoms with van der Waals surface area (Å²) < 4.78 is 0.785. The number of halogens is 1. The summed E-state index contributed by atoms with van der Waals surface area (Å²) in [5.74, 6) is -0.229. The first-order valence-corrected chi connectivity index (χ1v) is 6.62. The summed E-state index contributed by atoms with van der Waals surface area (Å²) in [5, 5.41) is 10.3. The zero-order chi connectivity index (χ0) is 12.6. The minimum absolute atomic E-state index is 0.229. The predicted molar refractivity (Wildman–Crippen MR) is 71.0 cm³/mol. The summed E-state index contributed by atoms with van der Waals surface area (Å²) in [5.41, 5.74) is 0.0901. The van der Waals surface area contributed by atoms with Crippen LogP contribution in [0.2, 0.25) is 0 Å². The summed E-state index contributed by atoms with van der Waals surface area (Å²) in [6.45, 7) is 4.31. The molecule has 0 aromatic heterocycles. The molecule has 0 radical (unpaired) electrons. The van der Waals surface area contributed by atoms with Crippen molar-refractivity contribution in [2.75, 3.05) is 11.4 Å². The van der Waals surface area contributed by atoms with Crippen LogP contribution in [0.15, 0.2) is 22.7 Å². The molecule has 2 rings (SSSR count). The van der Waals surface area contributed by atoms with E-state index in [-0.39, 0.29) is 5.91 Å². The van der Waals surface area contributed by atoms with Crippen molar-refractivity contribution in [2.45, 2.75) is 32.3 Å². The number of anilines is 1. The molecule has 1 aliphatic rings. The fraction of sp³-hybridized carbons (Fsp3) is 0.462. The van der Waals surface area contributed by atoms with Crippen LogP contribution in [-0.2, 0) is 10.4 Å². The molecule has 17 heavy (non-hydrogen) atoms. The van der Waals surface area contributed by atoms with Gasteiger partial charge in [-0.3, -0.25) is 4.79 Å². The van der Waals surface area contributed by atoms with Gasteiger partial charge in [-0.15, -0.1) is 0 Å². The Morgan fingerprint density at radius 1 is 1.47 bits per heavy atom. The van der Waals surface area contributed by atoms with Gasteiger partial charge in [-0.25, -0.2) is 0 Å². The Bertz CT molecular complexity index is 457. The van der Waals surface area contributed by atoms with E-state index in [2.05, 4.69) is 22.9 Å². The molecule has 1 amide bonds. The molecule has 3 nitrogen and oxygen atoms in total. The van der Waals surface area contributed by atoms with Crippen LogP contribution >= 0.6 is 15.9 Å². The van der Waals surface area contributed by atoms with Gasteiger partial charge in [0.05, 0.1) is 5.69 Å². The van der Waals surface area contributed by atoms with E-state index < -0.39 is 5.60 Å². The first-order valence-electron chi connectivity index (χ1n) is 5.83. The van der Waals surface area contributed by atoms with Crippen molar-refractivity contribution in [3.63, 3.8) is 0 Å². The van der Waals surface area contributed by atoms with Crippen LogP contribution in [0.3, 0.4) is 0 Å². The van der Waals surface area contributed by atoms with E-state index in [0.717, 1.165) is 23.0 Å². The predicted octanol–water partition coefficient (Wildman–Crippen LogP) is 2.80. The molecule has 1 N–H and O–H groups in total. The third-order valence-corrected chi connectivity index (χ3v) is 3.83. The molecule has 0 aliphatic carbocycles. The number of carbonyl (C=O) groups is 1. The number of aliphatic hydroxyl groups is 1. The monoisotopic (exact) mass is 297 g/mol. The fourth-order valence-electron chi connectivity index (χ4n) is 2.24. The van der Waals surface area contributed by atoms with Crippen LogP contribution < -0.4 is 4.90 Å². The number of hydrogen-bond acceptors (Lipinski definition) is 2. The number of rotatable bonds is 3. The lowest BCUT2D eigenvalue weighted by Crippen LogP contribution is -2.38. The second kappa shape index (κ2) is 4.42. The largest absolute Gasteiger partial charge is 0.375 e. The lowest BCUT2D eigenvalue weighted by Gasteiger charge is -2.19. The van der Waals surface area contributed by atoms with E-state index in [0.29, 0.717) is 12.1 Å². The van der Waals surface area contributed by atoms with Gasteiger partial charge in [-0.2, -0.15) is 0 Å². The third-order valence-electron chi connectivity index (χ3n) is 3.17. The molecule has 1 heterocycles. The Hall–Kier alpha value is -0.870. The van der Waals surface area contributed by atoms with Crippen molar-refractivity contribution in [1.29, 1.82) is 0 Å². The molecule has 0 spiro atoms. The van der Waals surface area contributed by atoms with Crippen LogP contribution in [0.5, 0.6) is 0 Å². The van der Waals surface area contributed by atoms with E-state index in [9.17, 15) is 9.90 Å². The van der Waals surface area contributed by atoms with Gasteiger partial charge in [-0.05, 0) is 25.5 Å². The summed E-state index contributed by atoms with van der Waals surface area (Å²) in [6, 6.07) is 5.62. The Morgan fingerprint density at radius 2 is 2.18 bits per heavy atom. The van der Waals surface area contributed by atoms with Crippen LogP contribution in [0, 0.1) is 0 Å². The summed E-state index contributed by atoms with van der Waals surface area (Å²) >= 11 is 3.41. The Morgan fingerprint density at radius 3 is 2.82 bits per heavy atom. The molecule has 0 fully saturated rings. The highest BCUT2D eigenvalue weighted by atomic mass is 79.9. The maximum Gasteiger partial charge on any atom is 0.263 e. The molecular weight excluding hydrogens is 282 g/mol. The number of unbranched alkanes of at least 4 members (excludes halogenated alkanes) is 1. The minimum atomic E-state index is -1.41. The first-order chi connectivity index (χ1) is 8.00. The Labute approximate surface area is 110 Å². The number of carbonyl (C=O) groups excluding carboxylic acids is 1. The van der Waals surface area contributed by atoms with Crippen molar-refractivity contribution in [3.05, 3.63) is 28.2 Å². The van der Waals surface area contributed by atoms with Gasteiger partial charge >= 0.3 is 0 Å². The van der Waals surface area contributed by atoms with Gasteiger partial charge in [0.1, 0.15) is 0 Å². The molecule has 1 aromatic carbocycles. The van der Waals surface area contributed by atoms with Crippen LogP contribution in [0.4, 0.5) is 5.69 Å². The number of amides is 1. The van der Waals surface area contributed by atoms with Crippen molar-refractivity contribution < 1.29 is 9.90 Å². The molecule has 0 saturated carbocycles. The second-order valence-corrected chi connectivity index (χ2v) is 5.37. The third kappa shape index (κ3) is 1.89. The van der Waals surface area contributed by atoms with Gasteiger partial charge in [-0.1, -0.05) is 35.3 Å². The zero-order valence-electron chi connectivity index (χ0n) is 10.0. The van der Waals surface area contributed by atoms with Gasteiger partial charge in [0.2, 0.25) is 0 Å². The lowest BCUT2D eigenvalue weighted by atomic mass is 9.98. The molecule has 4 heteroatoms. The molecule has 1 atom stereocenters. The van der Waals surface area contributed by atoms with E-state index in [4.69, 9.17) is 0 Å². The summed E-state index contributed by atoms with van der Waals surface area (Å²) in [6.07, 6.45) is 1.96. The standard InChI is InChI=1S/C13H16BrNO2/c1-3-4-8-15-10-7-5-6-9(14)11(10)13(2,17)12(15)16/h5-7,17H,3-4,8H2,1-2H3. The average molecular weight is 298 g/mol. The van der Waals surface area contributed by atoms with Crippen LogP contribution in [0.1, 0.15) is 32.3 Å². The molecule has 1 aromatic rings. The zero-order valence-corrected chi connectivity index (χ0v) is 11.6. The number of nitrogens with zero attached hydrogens (tertiary/aromatic N) is 1. The van der Waals surface area contributed by atoms with E-state index in [1.807, 2.05) is 18.2 Å². The highest BCUT2D eigenvalue weighted by molar-refractivity contribution is 9.10. The molecule has 92 valence electrons. The number of hydrogen-bond donors (Lipinski definition) is 1. The Balaban J connectivity index is 2.48. The van der Waals surface area contributed by atoms with Crippen LogP contribution in [-0.4, -0.2) is 17.6 Å². The first kappa shape index (κ1) is 12.6. The smallest absolute Gasteiger partial charge is 0.263 e. The Kier molecular flexibility index (Phi) is 3.27. The van der Waals surface area contributed by atoms with Gasteiger partial charge < -0.3 is 10.0 Å².